The molecule has 0 bridgehead atoms. The van der Waals surface area contributed by atoms with Crippen LogP contribution in [-0.2, 0) is 0 Å². The molecule has 2 rings (SSSR count). The molecule has 0 radical (unpaired) electrons. The molecule has 0 fully saturated rings. The molecule has 0 amide bonds. The van der Waals surface area contributed by atoms with Crippen LogP contribution in [0.15, 0.2) is 29.8 Å². The predicted molar refractivity (Wildman–Crippen MR) is 59.6 cm³/mol. The van der Waals surface area contributed by atoms with E-state index in [4.69, 9.17) is 17.3 Å². The smallest absolute Gasteiger partial charge is 0.129 e. The lowest BCUT2D eigenvalue weighted by Crippen LogP contribution is -2.13. The van der Waals surface area contributed by atoms with Crippen molar-refractivity contribution in [1.29, 1.82) is 0 Å². The number of hydrogen-bond donors (Lipinski definition) is 1. The van der Waals surface area contributed by atoms with Crippen molar-refractivity contribution >= 4 is 22.9 Å². The second-order valence-corrected chi connectivity index (χ2v) is 4.32. The Morgan fingerprint density at radius 3 is 2.87 bits per heavy atom. The fraction of sp³-hybridized carbons (Fsp3) is 0.100. The summed E-state index contributed by atoms with van der Waals surface area (Å²) in [5, 5.41) is 2.78. The lowest BCUT2D eigenvalue weighted by Gasteiger charge is -2.11. The van der Waals surface area contributed by atoms with Crippen LogP contribution in [0, 0.1) is 5.82 Å². The molecule has 1 unspecified atom stereocenters. The van der Waals surface area contributed by atoms with Gasteiger partial charge in [0.1, 0.15) is 10.8 Å². The van der Waals surface area contributed by atoms with E-state index in [1.165, 1.54) is 17.4 Å². The summed E-state index contributed by atoms with van der Waals surface area (Å²) in [5.41, 5.74) is 6.19. The molecule has 2 nitrogen and oxygen atoms in total. The number of benzene rings is 1. The molecule has 0 aliphatic rings. The van der Waals surface area contributed by atoms with Gasteiger partial charge >= 0.3 is 0 Å². The van der Waals surface area contributed by atoms with Crippen molar-refractivity contribution in [3.63, 3.8) is 0 Å². The van der Waals surface area contributed by atoms with E-state index in [0.717, 1.165) is 0 Å². The third-order valence-electron chi connectivity index (χ3n) is 2.03. The standard InChI is InChI=1S/C10H8ClFN2S/c11-6-2-1-3-7(12)8(6)9(13)10-14-4-5-15-10/h1-5,9H,13H2. The molecule has 0 aliphatic heterocycles. The van der Waals surface area contributed by atoms with Crippen molar-refractivity contribution in [3.05, 3.63) is 51.2 Å². The van der Waals surface area contributed by atoms with Crippen molar-refractivity contribution in [2.24, 2.45) is 5.73 Å². The Hall–Kier alpha value is -0.970. The Morgan fingerprint density at radius 2 is 2.27 bits per heavy atom. The van der Waals surface area contributed by atoms with Gasteiger partial charge in [-0.15, -0.1) is 11.3 Å². The molecule has 15 heavy (non-hydrogen) atoms. The zero-order valence-electron chi connectivity index (χ0n) is 7.65. The molecule has 2 aromatic rings. The third-order valence-corrected chi connectivity index (χ3v) is 3.22. The number of thiazole rings is 1. The maximum absolute atomic E-state index is 13.5. The van der Waals surface area contributed by atoms with Gasteiger partial charge in [0.25, 0.3) is 0 Å². The summed E-state index contributed by atoms with van der Waals surface area (Å²) in [6.07, 6.45) is 1.63. The first kappa shape index (κ1) is 10.5. The van der Waals surface area contributed by atoms with Gasteiger partial charge in [0, 0.05) is 22.2 Å². The number of nitrogens with zero attached hydrogens (tertiary/aromatic N) is 1. The maximum Gasteiger partial charge on any atom is 0.129 e. The van der Waals surface area contributed by atoms with Crippen LogP contribution >= 0.6 is 22.9 Å². The highest BCUT2D eigenvalue weighted by molar-refractivity contribution is 7.09. The Morgan fingerprint density at radius 1 is 1.47 bits per heavy atom. The van der Waals surface area contributed by atoms with Crippen molar-refractivity contribution < 1.29 is 4.39 Å². The highest BCUT2D eigenvalue weighted by Gasteiger charge is 2.18. The minimum atomic E-state index is -0.598. The van der Waals surface area contributed by atoms with Gasteiger partial charge in [-0.05, 0) is 12.1 Å². The number of halogens is 2. The molecule has 0 aliphatic carbocycles. The normalized spacial score (nSPS) is 12.7. The first-order valence-electron chi connectivity index (χ1n) is 4.29. The van der Waals surface area contributed by atoms with Crippen LogP contribution < -0.4 is 5.73 Å². The summed E-state index contributed by atoms with van der Waals surface area (Å²) < 4.78 is 13.5. The SMILES string of the molecule is NC(c1nccs1)c1c(F)cccc1Cl. The highest BCUT2D eigenvalue weighted by Crippen LogP contribution is 2.29. The summed E-state index contributed by atoms with van der Waals surface area (Å²) in [4.78, 5) is 4.04. The topological polar surface area (TPSA) is 38.9 Å². The van der Waals surface area contributed by atoms with Gasteiger partial charge in [-0.2, -0.15) is 0 Å². The van der Waals surface area contributed by atoms with Crippen molar-refractivity contribution in [2.45, 2.75) is 6.04 Å². The summed E-state index contributed by atoms with van der Waals surface area (Å²) in [7, 11) is 0. The molecular formula is C10H8ClFN2S. The van der Waals surface area contributed by atoms with Crippen LogP contribution in [0.5, 0.6) is 0 Å². The Labute approximate surface area is 95.5 Å². The van der Waals surface area contributed by atoms with Crippen LogP contribution in [0.25, 0.3) is 0 Å². The number of nitrogens with two attached hydrogens (primary N) is 1. The Bertz CT molecular complexity index is 438. The van der Waals surface area contributed by atoms with Crippen LogP contribution in [0.2, 0.25) is 5.02 Å². The minimum absolute atomic E-state index is 0.300. The second-order valence-electron chi connectivity index (χ2n) is 2.98. The molecule has 1 aromatic heterocycles. The van der Waals surface area contributed by atoms with Crippen molar-refractivity contribution in [3.8, 4) is 0 Å². The van der Waals surface area contributed by atoms with E-state index in [1.54, 1.807) is 23.7 Å². The summed E-state index contributed by atoms with van der Waals surface area (Å²) in [5.74, 6) is -0.398. The maximum atomic E-state index is 13.5. The quantitative estimate of drug-likeness (QED) is 0.879. The lowest BCUT2D eigenvalue weighted by molar-refractivity contribution is 0.599. The van der Waals surface area contributed by atoms with Crippen LogP contribution in [0.1, 0.15) is 16.6 Å². The minimum Gasteiger partial charge on any atom is -0.318 e. The average Bonchev–Trinajstić information content (AvgIpc) is 2.69. The number of rotatable bonds is 2. The van der Waals surface area contributed by atoms with Gasteiger partial charge in [-0.3, -0.25) is 0 Å². The molecule has 0 saturated heterocycles. The fourth-order valence-electron chi connectivity index (χ4n) is 1.32. The molecule has 1 atom stereocenters. The van der Waals surface area contributed by atoms with E-state index in [-0.39, 0.29) is 0 Å². The first-order chi connectivity index (χ1) is 7.20. The van der Waals surface area contributed by atoms with E-state index in [1.807, 2.05) is 0 Å². The van der Waals surface area contributed by atoms with Crippen molar-refractivity contribution in [1.82, 2.24) is 4.98 Å². The Kier molecular flexibility index (Phi) is 3.00. The third kappa shape index (κ3) is 2.02. The molecule has 78 valence electrons. The second kappa shape index (κ2) is 4.26. The number of aromatic nitrogens is 1. The van der Waals surface area contributed by atoms with E-state index in [0.29, 0.717) is 15.6 Å². The Balaban J connectivity index is 2.46. The van der Waals surface area contributed by atoms with Crippen LogP contribution in [0.3, 0.4) is 0 Å². The van der Waals surface area contributed by atoms with Gasteiger partial charge in [0.15, 0.2) is 0 Å². The molecule has 0 saturated carbocycles. The monoisotopic (exact) mass is 242 g/mol. The van der Waals surface area contributed by atoms with E-state index in [2.05, 4.69) is 4.98 Å². The van der Waals surface area contributed by atoms with Gasteiger partial charge in [-0.1, -0.05) is 17.7 Å². The zero-order valence-corrected chi connectivity index (χ0v) is 9.23. The molecule has 2 N–H and O–H groups in total. The van der Waals surface area contributed by atoms with Crippen molar-refractivity contribution in [2.75, 3.05) is 0 Å². The highest BCUT2D eigenvalue weighted by atomic mass is 35.5. The van der Waals surface area contributed by atoms with Crippen LogP contribution in [-0.4, -0.2) is 4.98 Å². The predicted octanol–water partition coefficient (Wildman–Crippen LogP) is 2.98. The average molecular weight is 243 g/mol. The van der Waals surface area contributed by atoms with E-state index in [9.17, 15) is 4.39 Å². The molecular weight excluding hydrogens is 235 g/mol. The molecule has 1 aromatic carbocycles. The molecule has 5 heteroatoms. The largest absolute Gasteiger partial charge is 0.318 e. The summed E-state index contributed by atoms with van der Waals surface area (Å²) in [6.45, 7) is 0. The molecule has 1 heterocycles. The van der Waals surface area contributed by atoms with Crippen LogP contribution in [0.4, 0.5) is 4.39 Å². The van der Waals surface area contributed by atoms with Gasteiger partial charge in [-0.25, -0.2) is 9.37 Å². The summed E-state index contributed by atoms with van der Waals surface area (Å²) >= 11 is 7.28. The van der Waals surface area contributed by atoms with E-state index < -0.39 is 11.9 Å². The molecule has 0 spiro atoms. The summed E-state index contributed by atoms with van der Waals surface area (Å²) in [6, 6.07) is 3.91. The first-order valence-corrected chi connectivity index (χ1v) is 5.55. The van der Waals surface area contributed by atoms with E-state index >= 15 is 0 Å². The lowest BCUT2D eigenvalue weighted by atomic mass is 10.1. The fourth-order valence-corrected chi connectivity index (χ4v) is 2.25. The number of hydrogen-bond acceptors (Lipinski definition) is 3. The zero-order chi connectivity index (χ0) is 10.8. The van der Waals surface area contributed by atoms with Gasteiger partial charge < -0.3 is 5.73 Å². The van der Waals surface area contributed by atoms with Gasteiger partial charge in [0.2, 0.25) is 0 Å². The van der Waals surface area contributed by atoms with Gasteiger partial charge in [0.05, 0.1) is 6.04 Å².